The fourth-order valence-electron chi connectivity index (χ4n) is 1.76. The van der Waals surface area contributed by atoms with Crippen molar-refractivity contribution < 1.29 is 14.7 Å². The van der Waals surface area contributed by atoms with Crippen LogP contribution in [0, 0.1) is 0 Å². The van der Waals surface area contributed by atoms with Gasteiger partial charge in [0, 0.05) is 12.2 Å². The second-order valence-corrected chi connectivity index (χ2v) is 4.57. The molecule has 2 amide bonds. The molecule has 0 bridgehead atoms. The summed E-state index contributed by atoms with van der Waals surface area (Å²) >= 11 is 0. The number of benzene rings is 1. The standard InChI is InChI=1S/C14H21N3O3/c1-2-3-12(13(18)19)17-14(20)16-9-8-10-4-6-11(15)7-5-10/h4-7,12H,2-3,8-9,15H2,1H3,(H,18,19)(H2,16,17,20)/t12-/m0/s1. The molecule has 0 fully saturated rings. The zero-order chi connectivity index (χ0) is 15.0. The molecule has 0 aliphatic rings. The molecule has 110 valence electrons. The second kappa shape index (κ2) is 8.04. The van der Waals surface area contributed by atoms with Gasteiger partial charge in [-0.05, 0) is 30.5 Å². The minimum Gasteiger partial charge on any atom is -0.480 e. The molecule has 6 heteroatoms. The Bertz CT molecular complexity index is 445. The predicted octanol–water partition coefficient (Wildman–Crippen LogP) is 1.36. The molecule has 0 unspecified atom stereocenters. The van der Waals surface area contributed by atoms with Gasteiger partial charge in [0.1, 0.15) is 6.04 Å². The summed E-state index contributed by atoms with van der Waals surface area (Å²) in [6.45, 7) is 2.31. The van der Waals surface area contributed by atoms with E-state index in [1.165, 1.54) is 0 Å². The zero-order valence-electron chi connectivity index (χ0n) is 11.6. The van der Waals surface area contributed by atoms with E-state index in [0.717, 1.165) is 5.56 Å². The van der Waals surface area contributed by atoms with E-state index in [2.05, 4.69) is 10.6 Å². The Morgan fingerprint density at radius 3 is 2.50 bits per heavy atom. The number of aliphatic carboxylic acids is 1. The highest BCUT2D eigenvalue weighted by atomic mass is 16.4. The number of nitrogens with one attached hydrogen (secondary N) is 2. The maximum absolute atomic E-state index is 11.6. The van der Waals surface area contributed by atoms with Crippen molar-refractivity contribution in [3.63, 3.8) is 0 Å². The van der Waals surface area contributed by atoms with Crippen molar-refractivity contribution >= 4 is 17.7 Å². The Labute approximate surface area is 118 Å². The van der Waals surface area contributed by atoms with Crippen molar-refractivity contribution in [1.29, 1.82) is 0 Å². The van der Waals surface area contributed by atoms with Gasteiger partial charge in [0.2, 0.25) is 0 Å². The number of hydrogen-bond acceptors (Lipinski definition) is 3. The van der Waals surface area contributed by atoms with Gasteiger partial charge in [-0.1, -0.05) is 25.5 Å². The molecule has 5 N–H and O–H groups in total. The molecule has 0 radical (unpaired) electrons. The van der Waals surface area contributed by atoms with Crippen LogP contribution in [-0.4, -0.2) is 29.7 Å². The molecule has 0 aliphatic heterocycles. The van der Waals surface area contributed by atoms with Crippen molar-refractivity contribution in [2.75, 3.05) is 12.3 Å². The molecule has 0 heterocycles. The topological polar surface area (TPSA) is 104 Å². The number of nitrogens with two attached hydrogens (primary N) is 1. The lowest BCUT2D eigenvalue weighted by molar-refractivity contribution is -0.139. The molecule has 20 heavy (non-hydrogen) atoms. The molecule has 0 saturated heterocycles. The second-order valence-electron chi connectivity index (χ2n) is 4.57. The third-order valence-electron chi connectivity index (χ3n) is 2.86. The van der Waals surface area contributed by atoms with Gasteiger partial charge >= 0.3 is 12.0 Å². The van der Waals surface area contributed by atoms with Gasteiger partial charge in [0.15, 0.2) is 0 Å². The maximum atomic E-state index is 11.6. The number of hydrogen-bond donors (Lipinski definition) is 4. The van der Waals surface area contributed by atoms with Gasteiger partial charge < -0.3 is 21.5 Å². The molecular weight excluding hydrogens is 258 g/mol. The normalized spacial score (nSPS) is 11.7. The maximum Gasteiger partial charge on any atom is 0.326 e. The van der Waals surface area contributed by atoms with E-state index in [0.29, 0.717) is 31.5 Å². The van der Waals surface area contributed by atoms with Gasteiger partial charge in [-0.15, -0.1) is 0 Å². The number of anilines is 1. The van der Waals surface area contributed by atoms with Crippen molar-refractivity contribution in [2.24, 2.45) is 0 Å². The van der Waals surface area contributed by atoms with Gasteiger partial charge in [-0.3, -0.25) is 0 Å². The molecule has 1 aromatic carbocycles. The van der Waals surface area contributed by atoms with Crippen LogP contribution in [0.4, 0.5) is 10.5 Å². The highest BCUT2D eigenvalue weighted by Crippen LogP contribution is 2.05. The first-order chi connectivity index (χ1) is 9.52. The van der Waals surface area contributed by atoms with Crippen LogP contribution in [0.5, 0.6) is 0 Å². The molecule has 0 aromatic heterocycles. The smallest absolute Gasteiger partial charge is 0.326 e. The van der Waals surface area contributed by atoms with E-state index >= 15 is 0 Å². The molecule has 0 aliphatic carbocycles. The summed E-state index contributed by atoms with van der Waals surface area (Å²) < 4.78 is 0. The van der Waals surface area contributed by atoms with Crippen molar-refractivity contribution in [2.45, 2.75) is 32.2 Å². The lowest BCUT2D eigenvalue weighted by Crippen LogP contribution is -2.46. The quantitative estimate of drug-likeness (QED) is 0.566. The summed E-state index contributed by atoms with van der Waals surface area (Å²) in [5.41, 5.74) is 7.34. The third kappa shape index (κ3) is 5.60. The van der Waals surface area contributed by atoms with E-state index in [4.69, 9.17) is 10.8 Å². The van der Waals surface area contributed by atoms with Crippen LogP contribution in [0.15, 0.2) is 24.3 Å². The lowest BCUT2D eigenvalue weighted by Gasteiger charge is -2.14. The Morgan fingerprint density at radius 2 is 1.95 bits per heavy atom. The molecular formula is C14H21N3O3. The van der Waals surface area contributed by atoms with E-state index in [9.17, 15) is 9.59 Å². The van der Waals surface area contributed by atoms with Crippen LogP contribution in [-0.2, 0) is 11.2 Å². The molecule has 1 atom stereocenters. The Morgan fingerprint density at radius 1 is 1.30 bits per heavy atom. The van der Waals surface area contributed by atoms with Crippen molar-refractivity contribution in [3.8, 4) is 0 Å². The summed E-state index contributed by atoms with van der Waals surface area (Å²) in [6.07, 6.45) is 1.78. The first-order valence-electron chi connectivity index (χ1n) is 6.64. The van der Waals surface area contributed by atoms with Crippen LogP contribution in [0.2, 0.25) is 0 Å². The predicted molar refractivity (Wildman–Crippen MR) is 77.4 cm³/mol. The Balaban J connectivity index is 2.32. The number of rotatable bonds is 7. The van der Waals surface area contributed by atoms with Crippen LogP contribution in [0.1, 0.15) is 25.3 Å². The number of carbonyl (C=O) groups excluding carboxylic acids is 1. The largest absolute Gasteiger partial charge is 0.480 e. The van der Waals surface area contributed by atoms with Crippen LogP contribution >= 0.6 is 0 Å². The Hall–Kier alpha value is -2.24. The molecule has 1 aromatic rings. The number of urea groups is 1. The minimum atomic E-state index is -1.01. The van der Waals surface area contributed by atoms with E-state index in [1.54, 1.807) is 12.1 Å². The van der Waals surface area contributed by atoms with E-state index < -0.39 is 18.0 Å². The highest BCUT2D eigenvalue weighted by Gasteiger charge is 2.18. The number of carbonyl (C=O) groups is 2. The molecule has 0 spiro atoms. The van der Waals surface area contributed by atoms with Gasteiger partial charge in [-0.2, -0.15) is 0 Å². The van der Waals surface area contributed by atoms with Gasteiger partial charge in [-0.25, -0.2) is 9.59 Å². The van der Waals surface area contributed by atoms with E-state index in [-0.39, 0.29) is 0 Å². The van der Waals surface area contributed by atoms with Crippen LogP contribution < -0.4 is 16.4 Å². The first kappa shape index (κ1) is 15.8. The number of nitrogen functional groups attached to an aromatic ring is 1. The SMILES string of the molecule is CCC[C@H](NC(=O)NCCc1ccc(N)cc1)C(=O)O. The summed E-state index contributed by atoms with van der Waals surface area (Å²) in [7, 11) is 0. The monoisotopic (exact) mass is 279 g/mol. The van der Waals surface area contributed by atoms with Crippen LogP contribution in [0.25, 0.3) is 0 Å². The molecule has 1 rings (SSSR count). The van der Waals surface area contributed by atoms with Gasteiger partial charge in [0.05, 0.1) is 0 Å². The summed E-state index contributed by atoms with van der Waals surface area (Å²) in [5.74, 6) is -1.01. The Kier molecular flexibility index (Phi) is 6.36. The summed E-state index contributed by atoms with van der Waals surface area (Å²) in [4.78, 5) is 22.5. The fourth-order valence-corrected chi connectivity index (χ4v) is 1.76. The first-order valence-corrected chi connectivity index (χ1v) is 6.64. The average Bonchev–Trinajstić information content (AvgIpc) is 2.40. The third-order valence-corrected chi connectivity index (χ3v) is 2.86. The lowest BCUT2D eigenvalue weighted by atomic mass is 10.1. The average molecular weight is 279 g/mol. The van der Waals surface area contributed by atoms with Gasteiger partial charge in [0.25, 0.3) is 0 Å². The molecule has 6 nitrogen and oxygen atoms in total. The fraction of sp³-hybridized carbons (Fsp3) is 0.429. The van der Waals surface area contributed by atoms with Crippen LogP contribution in [0.3, 0.4) is 0 Å². The van der Waals surface area contributed by atoms with E-state index in [1.807, 2.05) is 19.1 Å². The zero-order valence-corrected chi connectivity index (χ0v) is 11.6. The number of carboxylic acids is 1. The van der Waals surface area contributed by atoms with Crippen molar-refractivity contribution in [3.05, 3.63) is 29.8 Å². The van der Waals surface area contributed by atoms with Crippen molar-refractivity contribution in [1.82, 2.24) is 10.6 Å². The number of amides is 2. The highest BCUT2D eigenvalue weighted by molar-refractivity contribution is 5.82. The molecule has 0 saturated carbocycles. The summed E-state index contributed by atoms with van der Waals surface area (Å²) in [6, 6.07) is 6.10. The summed E-state index contributed by atoms with van der Waals surface area (Å²) in [5, 5.41) is 14.0. The minimum absolute atomic E-state index is 0.417. The number of carboxylic acid groups (broad SMARTS) is 1.